The topological polar surface area (TPSA) is 142 Å². The number of nitrogens with zero attached hydrogens (tertiary/aromatic N) is 4. The lowest BCUT2D eigenvalue weighted by Crippen LogP contribution is -2.12. The molecule has 41 heavy (non-hydrogen) atoms. The van der Waals surface area contributed by atoms with Crippen LogP contribution in [0.25, 0.3) is 38.9 Å². The third kappa shape index (κ3) is 4.88. The Morgan fingerprint density at radius 2 is 1.63 bits per heavy atom. The summed E-state index contributed by atoms with van der Waals surface area (Å²) in [7, 11) is -2.35. The smallest absolute Gasteiger partial charge is 0.238 e. The number of rotatable bonds is 7. The highest BCUT2D eigenvalue weighted by Crippen LogP contribution is 2.33. The van der Waals surface area contributed by atoms with Gasteiger partial charge in [0.2, 0.25) is 10.0 Å². The molecule has 0 aliphatic rings. The van der Waals surface area contributed by atoms with Gasteiger partial charge in [0.15, 0.2) is 23.1 Å². The van der Waals surface area contributed by atoms with Crippen LogP contribution in [0, 0.1) is 0 Å². The molecule has 0 saturated carbocycles. The molecular weight excluding hydrogens is 540 g/mol. The highest BCUT2D eigenvalue weighted by Gasteiger charge is 2.18. The fourth-order valence-electron chi connectivity index (χ4n) is 4.74. The summed E-state index contributed by atoms with van der Waals surface area (Å²) in [5.41, 5.74) is 3.58. The molecule has 10 nitrogen and oxygen atoms in total. The minimum absolute atomic E-state index is 0.0763. The molecule has 0 radical (unpaired) electrons. The monoisotopic (exact) mass is 564 g/mol. The van der Waals surface area contributed by atoms with Crippen LogP contribution in [0.1, 0.15) is 17.3 Å². The van der Waals surface area contributed by atoms with Gasteiger partial charge in [-0.25, -0.2) is 13.6 Å². The highest BCUT2D eigenvalue weighted by molar-refractivity contribution is 7.89. The van der Waals surface area contributed by atoms with Crippen LogP contribution in [-0.4, -0.2) is 41.1 Å². The Morgan fingerprint density at radius 3 is 2.34 bits per heavy atom. The maximum Gasteiger partial charge on any atom is 0.238 e. The van der Waals surface area contributed by atoms with Gasteiger partial charge in [0.25, 0.3) is 0 Å². The lowest BCUT2D eigenvalue weighted by atomic mass is 9.97. The first-order valence-corrected chi connectivity index (χ1v) is 14.1. The largest absolute Gasteiger partial charge is 0.497 e. The molecule has 0 amide bonds. The number of carbonyl (C=O) groups excluding carboxylic acids is 1. The lowest BCUT2D eigenvalue weighted by Gasteiger charge is -2.13. The number of sulfonamides is 1. The normalized spacial score (nSPS) is 11.6. The van der Waals surface area contributed by atoms with Crippen LogP contribution in [0.4, 0.5) is 11.5 Å². The standard InChI is InChI=1S/C30H24N6O4S/c1-18(37)24-15-14-23(41(31,38)39)17-27(24)20-6-5-7-21(16-20)32-28-25-8-3-4-9-26(25)30-34-33-29(36(30)35-28)19-10-12-22(40-2)13-11-19/h3-17H,1-2H3,(H,32,35)(H2,31,38,39). The quantitative estimate of drug-likeness (QED) is 0.252. The Bertz CT molecular complexity index is 2070. The number of anilines is 2. The van der Waals surface area contributed by atoms with Crippen LogP contribution in [0.15, 0.2) is 95.9 Å². The maximum absolute atomic E-state index is 12.4. The van der Waals surface area contributed by atoms with Crippen LogP contribution in [0.3, 0.4) is 0 Å². The summed E-state index contributed by atoms with van der Waals surface area (Å²) in [6, 6.07) is 26.8. The molecule has 6 aromatic rings. The maximum atomic E-state index is 12.4. The van der Waals surface area contributed by atoms with E-state index in [2.05, 4.69) is 15.5 Å². The van der Waals surface area contributed by atoms with Gasteiger partial charge in [-0.15, -0.1) is 15.3 Å². The molecule has 0 fully saturated rings. The van der Waals surface area contributed by atoms with E-state index >= 15 is 0 Å². The molecule has 0 bridgehead atoms. The number of carbonyl (C=O) groups is 1. The molecule has 6 rings (SSSR count). The molecule has 0 atom stereocenters. The summed E-state index contributed by atoms with van der Waals surface area (Å²) in [6.45, 7) is 1.43. The third-order valence-electron chi connectivity index (χ3n) is 6.75. The van der Waals surface area contributed by atoms with E-state index in [0.29, 0.717) is 39.7 Å². The van der Waals surface area contributed by atoms with Crippen molar-refractivity contribution in [3.05, 3.63) is 96.6 Å². The summed E-state index contributed by atoms with van der Waals surface area (Å²) in [5.74, 6) is 1.66. The molecule has 11 heteroatoms. The number of Topliss-reactive ketones (excluding diaryl/α,β-unsaturated/α-hetero) is 1. The molecule has 0 unspecified atom stereocenters. The van der Waals surface area contributed by atoms with Crippen molar-refractivity contribution in [1.29, 1.82) is 0 Å². The van der Waals surface area contributed by atoms with Crippen molar-refractivity contribution in [2.45, 2.75) is 11.8 Å². The van der Waals surface area contributed by atoms with E-state index in [9.17, 15) is 13.2 Å². The number of methoxy groups -OCH3 is 1. The SMILES string of the molecule is COc1ccc(-c2nnc3c4ccccc4c(Nc4cccc(-c5cc(S(N)(=O)=O)ccc5C(C)=O)c4)nn23)cc1. The number of aromatic nitrogens is 4. The minimum Gasteiger partial charge on any atom is -0.497 e. The van der Waals surface area contributed by atoms with Gasteiger partial charge in [-0.1, -0.05) is 36.4 Å². The average Bonchev–Trinajstić information content (AvgIpc) is 3.41. The number of ether oxygens (including phenoxy) is 1. The second kappa shape index (κ2) is 10.1. The Morgan fingerprint density at radius 1 is 0.878 bits per heavy atom. The number of ketones is 1. The predicted octanol–water partition coefficient (Wildman–Crippen LogP) is 5.21. The van der Waals surface area contributed by atoms with Crippen molar-refractivity contribution in [3.8, 4) is 28.3 Å². The molecule has 2 heterocycles. The van der Waals surface area contributed by atoms with Gasteiger partial charge >= 0.3 is 0 Å². The van der Waals surface area contributed by atoms with Crippen molar-refractivity contribution in [3.63, 3.8) is 0 Å². The minimum atomic E-state index is -3.96. The van der Waals surface area contributed by atoms with E-state index < -0.39 is 10.0 Å². The van der Waals surface area contributed by atoms with E-state index in [0.717, 1.165) is 22.1 Å². The number of nitrogens with one attached hydrogen (secondary N) is 1. The summed E-state index contributed by atoms with van der Waals surface area (Å²) < 4.78 is 31.0. The molecule has 2 aromatic heterocycles. The van der Waals surface area contributed by atoms with Crippen molar-refractivity contribution in [1.82, 2.24) is 19.8 Å². The van der Waals surface area contributed by atoms with E-state index in [1.54, 1.807) is 17.7 Å². The van der Waals surface area contributed by atoms with Gasteiger partial charge in [-0.2, -0.15) is 4.52 Å². The Balaban J connectivity index is 1.47. The summed E-state index contributed by atoms with van der Waals surface area (Å²) >= 11 is 0. The lowest BCUT2D eigenvalue weighted by molar-refractivity contribution is 0.101. The molecule has 0 aliphatic heterocycles. The number of hydrogen-bond donors (Lipinski definition) is 2. The van der Waals surface area contributed by atoms with Gasteiger partial charge in [0.05, 0.1) is 12.0 Å². The van der Waals surface area contributed by atoms with Crippen LogP contribution >= 0.6 is 0 Å². The number of primary sulfonamides is 1. The first-order valence-electron chi connectivity index (χ1n) is 12.6. The molecule has 0 spiro atoms. The first kappa shape index (κ1) is 26.1. The molecule has 4 aromatic carbocycles. The second-order valence-corrected chi connectivity index (χ2v) is 11.0. The van der Waals surface area contributed by atoms with Crippen molar-refractivity contribution in [2.75, 3.05) is 12.4 Å². The molecule has 3 N–H and O–H groups in total. The molecular formula is C30H24N6O4S. The highest BCUT2D eigenvalue weighted by atomic mass is 32.2. The summed E-state index contributed by atoms with van der Waals surface area (Å²) in [6.07, 6.45) is 0. The third-order valence-corrected chi connectivity index (χ3v) is 7.66. The Labute approximate surface area is 235 Å². The van der Waals surface area contributed by atoms with Crippen molar-refractivity contribution >= 4 is 43.7 Å². The van der Waals surface area contributed by atoms with Crippen LogP contribution < -0.4 is 15.2 Å². The molecule has 204 valence electrons. The fraction of sp³-hybridized carbons (Fsp3) is 0.0667. The zero-order valence-corrected chi connectivity index (χ0v) is 22.9. The zero-order valence-electron chi connectivity index (χ0n) is 22.1. The van der Waals surface area contributed by atoms with Gasteiger partial charge in [-0.3, -0.25) is 4.79 Å². The zero-order chi connectivity index (χ0) is 28.7. The van der Waals surface area contributed by atoms with E-state index in [-0.39, 0.29) is 10.7 Å². The predicted molar refractivity (Wildman–Crippen MR) is 157 cm³/mol. The van der Waals surface area contributed by atoms with Crippen LogP contribution in [0.5, 0.6) is 5.75 Å². The van der Waals surface area contributed by atoms with Gasteiger partial charge in [0, 0.05) is 27.6 Å². The molecule has 0 saturated heterocycles. The average molecular weight is 565 g/mol. The number of fused-ring (bicyclic) bond motifs is 3. The Hall–Kier alpha value is -5.13. The molecule has 0 aliphatic carbocycles. The van der Waals surface area contributed by atoms with Crippen molar-refractivity contribution in [2.24, 2.45) is 5.14 Å². The summed E-state index contributed by atoms with van der Waals surface area (Å²) in [5, 5.41) is 24.2. The van der Waals surface area contributed by atoms with Gasteiger partial charge in [-0.05, 0) is 72.6 Å². The fourth-order valence-corrected chi connectivity index (χ4v) is 5.28. The Kier molecular flexibility index (Phi) is 6.45. The van der Waals surface area contributed by atoms with Gasteiger partial charge < -0.3 is 10.1 Å². The number of benzene rings is 4. The first-order chi connectivity index (χ1) is 19.7. The van der Waals surface area contributed by atoms with Crippen molar-refractivity contribution < 1.29 is 17.9 Å². The van der Waals surface area contributed by atoms with Crippen LogP contribution in [-0.2, 0) is 10.0 Å². The van der Waals surface area contributed by atoms with Gasteiger partial charge in [0.1, 0.15) is 5.75 Å². The second-order valence-electron chi connectivity index (χ2n) is 9.40. The van der Waals surface area contributed by atoms with E-state index in [1.807, 2.05) is 66.7 Å². The van der Waals surface area contributed by atoms with E-state index in [1.165, 1.54) is 25.1 Å². The summed E-state index contributed by atoms with van der Waals surface area (Å²) in [4.78, 5) is 12.3. The van der Waals surface area contributed by atoms with E-state index in [4.69, 9.17) is 15.0 Å². The number of nitrogens with two attached hydrogens (primary N) is 1. The number of hydrogen-bond acceptors (Lipinski definition) is 8. The van der Waals surface area contributed by atoms with Crippen LogP contribution in [0.2, 0.25) is 0 Å².